The van der Waals surface area contributed by atoms with Gasteiger partial charge in [-0.2, -0.15) is 5.10 Å². The van der Waals surface area contributed by atoms with Gasteiger partial charge in [0.2, 0.25) is 0 Å². The number of rotatable bonds is 6. The summed E-state index contributed by atoms with van der Waals surface area (Å²) in [6.45, 7) is 7.16. The third-order valence-corrected chi connectivity index (χ3v) is 5.22. The van der Waals surface area contributed by atoms with E-state index in [1.807, 2.05) is 29.8 Å². The zero-order valence-electron chi connectivity index (χ0n) is 17.1. The van der Waals surface area contributed by atoms with Crippen LogP contribution in [0.5, 0.6) is 0 Å². The molecule has 0 spiro atoms. The number of benzene rings is 1. The smallest absolute Gasteiger partial charge is 0.272 e. The number of aromatic nitrogens is 5. The molecule has 3 heterocycles. The minimum absolute atomic E-state index is 0.0398. The summed E-state index contributed by atoms with van der Waals surface area (Å²) in [5.41, 5.74) is 6.22. The first-order valence-corrected chi connectivity index (χ1v) is 9.67. The molecule has 4 rings (SSSR count). The SMILES string of the molecule is COCc1[nH]n2c(=O)cc(C(C)Cn3nccc3C)nc2c1-c1ccc(C)cc1. The maximum atomic E-state index is 12.9. The van der Waals surface area contributed by atoms with E-state index in [2.05, 4.69) is 36.2 Å². The third-order valence-electron chi connectivity index (χ3n) is 5.22. The van der Waals surface area contributed by atoms with Gasteiger partial charge in [0.1, 0.15) is 0 Å². The fourth-order valence-electron chi connectivity index (χ4n) is 3.57. The Morgan fingerprint density at radius 2 is 1.93 bits per heavy atom. The zero-order chi connectivity index (χ0) is 20.5. The van der Waals surface area contributed by atoms with Crippen LogP contribution in [0.15, 0.2) is 47.4 Å². The van der Waals surface area contributed by atoms with Crippen LogP contribution < -0.4 is 5.56 Å². The summed E-state index contributed by atoms with van der Waals surface area (Å²) >= 11 is 0. The van der Waals surface area contributed by atoms with Crippen LogP contribution >= 0.6 is 0 Å². The summed E-state index contributed by atoms with van der Waals surface area (Å²) in [6.07, 6.45) is 1.78. The van der Waals surface area contributed by atoms with Crippen LogP contribution in [-0.4, -0.2) is 31.5 Å². The van der Waals surface area contributed by atoms with Gasteiger partial charge in [-0.3, -0.25) is 14.6 Å². The molecule has 1 unspecified atom stereocenters. The molecule has 0 amide bonds. The molecule has 0 aliphatic carbocycles. The number of methoxy groups -OCH3 is 1. The van der Waals surface area contributed by atoms with Crippen LogP contribution in [0.25, 0.3) is 16.8 Å². The largest absolute Gasteiger partial charge is 0.378 e. The maximum Gasteiger partial charge on any atom is 0.272 e. The normalized spacial score (nSPS) is 12.6. The molecule has 0 fully saturated rings. The van der Waals surface area contributed by atoms with Crippen LogP contribution in [0, 0.1) is 13.8 Å². The summed E-state index contributed by atoms with van der Waals surface area (Å²) < 4.78 is 8.79. The first-order valence-electron chi connectivity index (χ1n) is 9.67. The van der Waals surface area contributed by atoms with Crippen molar-refractivity contribution in [1.82, 2.24) is 24.4 Å². The van der Waals surface area contributed by atoms with E-state index in [1.165, 1.54) is 10.1 Å². The van der Waals surface area contributed by atoms with Crippen molar-refractivity contribution in [2.75, 3.05) is 7.11 Å². The van der Waals surface area contributed by atoms with Crippen molar-refractivity contribution in [3.63, 3.8) is 0 Å². The van der Waals surface area contributed by atoms with E-state index < -0.39 is 0 Å². The summed E-state index contributed by atoms with van der Waals surface area (Å²) in [4.78, 5) is 17.7. The highest BCUT2D eigenvalue weighted by Gasteiger charge is 2.19. The van der Waals surface area contributed by atoms with Gasteiger partial charge in [0.05, 0.1) is 18.0 Å². The molecule has 0 bridgehead atoms. The fourth-order valence-corrected chi connectivity index (χ4v) is 3.57. The molecule has 0 radical (unpaired) electrons. The number of hydrogen-bond donors (Lipinski definition) is 1. The predicted molar refractivity (Wildman–Crippen MR) is 112 cm³/mol. The van der Waals surface area contributed by atoms with Crippen molar-refractivity contribution in [1.29, 1.82) is 0 Å². The van der Waals surface area contributed by atoms with Crippen LogP contribution in [0.1, 0.15) is 35.5 Å². The Morgan fingerprint density at radius 3 is 2.59 bits per heavy atom. The number of aromatic amines is 1. The molecule has 150 valence electrons. The number of nitrogens with one attached hydrogen (secondary N) is 1. The minimum atomic E-state index is -0.134. The zero-order valence-corrected chi connectivity index (χ0v) is 17.1. The van der Waals surface area contributed by atoms with E-state index in [1.54, 1.807) is 19.4 Å². The average Bonchev–Trinajstić information content (AvgIpc) is 3.26. The first kappa shape index (κ1) is 19.1. The monoisotopic (exact) mass is 391 g/mol. The van der Waals surface area contributed by atoms with E-state index in [9.17, 15) is 4.79 Å². The van der Waals surface area contributed by atoms with E-state index in [0.717, 1.165) is 28.2 Å². The molecule has 7 heteroatoms. The summed E-state index contributed by atoms with van der Waals surface area (Å²) in [5.74, 6) is 0.0398. The maximum absolute atomic E-state index is 12.9. The molecule has 3 aromatic heterocycles. The molecule has 4 aromatic rings. The van der Waals surface area contributed by atoms with Gasteiger partial charge >= 0.3 is 0 Å². The number of H-pyrrole nitrogens is 1. The second-order valence-electron chi connectivity index (χ2n) is 7.50. The van der Waals surface area contributed by atoms with Gasteiger partial charge in [-0.25, -0.2) is 9.50 Å². The van der Waals surface area contributed by atoms with Gasteiger partial charge in [-0.1, -0.05) is 36.8 Å². The third kappa shape index (κ3) is 3.61. The Hall–Kier alpha value is -3.19. The van der Waals surface area contributed by atoms with Crippen molar-refractivity contribution >= 4 is 5.65 Å². The van der Waals surface area contributed by atoms with Gasteiger partial charge in [0, 0.05) is 43.1 Å². The standard InChI is InChI=1S/C22H25N5O2/c1-14-5-7-17(8-6-14)21-19(13-29-4)25-27-20(28)11-18(24-22(21)27)15(2)12-26-16(3)9-10-23-26/h5-11,15,25H,12-13H2,1-4H3. The lowest BCUT2D eigenvalue weighted by molar-refractivity contribution is 0.181. The lowest BCUT2D eigenvalue weighted by Crippen LogP contribution is -2.18. The van der Waals surface area contributed by atoms with Crippen molar-refractivity contribution in [2.45, 2.75) is 39.8 Å². The molecule has 7 nitrogen and oxygen atoms in total. The highest BCUT2D eigenvalue weighted by Crippen LogP contribution is 2.28. The van der Waals surface area contributed by atoms with Gasteiger partial charge in [-0.15, -0.1) is 0 Å². The molecule has 29 heavy (non-hydrogen) atoms. The van der Waals surface area contributed by atoms with Crippen molar-refractivity contribution in [2.24, 2.45) is 0 Å². The van der Waals surface area contributed by atoms with E-state index in [-0.39, 0.29) is 11.5 Å². The van der Waals surface area contributed by atoms with Crippen LogP contribution in [-0.2, 0) is 17.9 Å². The number of ether oxygens (including phenoxy) is 1. The predicted octanol–water partition coefficient (Wildman–Crippen LogP) is 3.45. The average molecular weight is 391 g/mol. The van der Waals surface area contributed by atoms with Crippen LogP contribution in [0.2, 0.25) is 0 Å². The number of nitrogens with zero attached hydrogens (tertiary/aromatic N) is 4. The molecule has 0 saturated heterocycles. The quantitative estimate of drug-likeness (QED) is 0.546. The van der Waals surface area contributed by atoms with Gasteiger partial charge in [0.25, 0.3) is 5.56 Å². The fraction of sp³-hybridized carbons (Fsp3) is 0.318. The Labute approximate surface area is 169 Å². The minimum Gasteiger partial charge on any atom is -0.378 e. The molecule has 0 saturated carbocycles. The summed E-state index contributed by atoms with van der Waals surface area (Å²) in [7, 11) is 1.64. The number of fused-ring (bicyclic) bond motifs is 1. The van der Waals surface area contributed by atoms with Crippen molar-refractivity contribution in [3.05, 3.63) is 75.6 Å². The molecule has 1 aromatic carbocycles. The molecular weight excluding hydrogens is 366 g/mol. The molecule has 0 aliphatic heterocycles. The van der Waals surface area contributed by atoms with Gasteiger partial charge in [0.15, 0.2) is 5.65 Å². The van der Waals surface area contributed by atoms with Crippen molar-refractivity contribution < 1.29 is 4.74 Å². The van der Waals surface area contributed by atoms with Gasteiger partial charge < -0.3 is 4.74 Å². The van der Waals surface area contributed by atoms with Gasteiger partial charge in [-0.05, 0) is 25.5 Å². The topological polar surface area (TPSA) is 77.2 Å². The molecular formula is C22H25N5O2. The number of aryl methyl sites for hydroxylation is 2. The lowest BCUT2D eigenvalue weighted by Gasteiger charge is -2.13. The van der Waals surface area contributed by atoms with E-state index >= 15 is 0 Å². The Balaban J connectivity index is 1.85. The highest BCUT2D eigenvalue weighted by molar-refractivity contribution is 5.80. The molecule has 1 N–H and O–H groups in total. The second-order valence-corrected chi connectivity index (χ2v) is 7.50. The first-order chi connectivity index (χ1) is 14.0. The Bertz CT molecular complexity index is 1200. The summed E-state index contributed by atoms with van der Waals surface area (Å²) in [6, 6.07) is 11.8. The molecule has 1 atom stereocenters. The van der Waals surface area contributed by atoms with E-state index in [0.29, 0.717) is 18.8 Å². The molecule has 0 aliphatic rings. The second kappa shape index (κ2) is 7.67. The Morgan fingerprint density at radius 1 is 1.17 bits per heavy atom. The van der Waals surface area contributed by atoms with Crippen molar-refractivity contribution in [3.8, 4) is 11.1 Å². The van der Waals surface area contributed by atoms with Crippen LogP contribution in [0.4, 0.5) is 0 Å². The number of hydrogen-bond acceptors (Lipinski definition) is 4. The van der Waals surface area contributed by atoms with E-state index in [4.69, 9.17) is 9.72 Å². The highest BCUT2D eigenvalue weighted by atomic mass is 16.5. The Kier molecular flexibility index (Phi) is 5.07. The lowest BCUT2D eigenvalue weighted by atomic mass is 10.0. The summed E-state index contributed by atoms with van der Waals surface area (Å²) in [5, 5.41) is 7.52. The van der Waals surface area contributed by atoms with Crippen LogP contribution in [0.3, 0.4) is 0 Å².